The monoisotopic (exact) mass is 172 g/mol. The largest absolute Gasteiger partial charge is 0.366 e. The minimum Gasteiger partial charge on any atom is -0.366 e. The molecule has 2 heterocycles. The maximum atomic E-state index is 4.39. The van der Waals surface area contributed by atoms with Crippen LogP contribution in [0.25, 0.3) is 5.57 Å². The molecule has 1 N–H and O–H groups in total. The highest BCUT2D eigenvalue weighted by atomic mass is 15.1. The Labute approximate surface area is 77.7 Å². The second-order valence-electron chi connectivity index (χ2n) is 4.04. The van der Waals surface area contributed by atoms with E-state index in [0.29, 0.717) is 6.04 Å². The number of pyridine rings is 1. The molecule has 1 aromatic heterocycles. The van der Waals surface area contributed by atoms with Crippen molar-refractivity contribution in [3.8, 4) is 0 Å². The molecule has 0 saturated heterocycles. The van der Waals surface area contributed by atoms with E-state index in [1.54, 1.807) is 0 Å². The van der Waals surface area contributed by atoms with E-state index in [2.05, 4.69) is 22.9 Å². The third-order valence-corrected chi connectivity index (χ3v) is 2.92. The molecule has 0 aromatic carbocycles. The first-order valence-electron chi connectivity index (χ1n) is 4.68. The second kappa shape index (κ2) is 2.13. The zero-order valence-electron chi connectivity index (χ0n) is 7.67. The van der Waals surface area contributed by atoms with Crippen molar-refractivity contribution in [1.29, 1.82) is 0 Å². The van der Waals surface area contributed by atoms with Crippen molar-refractivity contribution in [3.05, 3.63) is 30.0 Å². The highest BCUT2D eigenvalue weighted by Crippen LogP contribution is 2.51. The van der Waals surface area contributed by atoms with Crippen LogP contribution in [-0.4, -0.2) is 11.0 Å². The van der Waals surface area contributed by atoms with Gasteiger partial charge >= 0.3 is 0 Å². The predicted molar refractivity (Wildman–Crippen MR) is 53.7 cm³/mol. The molecule has 2 aliphatic rings. The topological polar surface area (TPSA) is 24.9 Å². The third kappa shape index (κ3) is 0.916. The molecule has 1 aliphatic heterocycles. The van der Waals surface area contributed by atoms with Gasteiger partial charge in [-0.2, -0.15) is 0 Å². The van der Waals surface area contributed by atoms with Crippen LogP contribution in [-0.2, 0) is 0 Å². The normalized spacial score (nSPS) is 27.5. The zero-order chi connectivity index (χ0) is 9.00. The molecule has 66 valence electrons. The van der Waals surface area contributed by atoms with Gasteiger partial charge in [-0.25, -0.2) is 4.98 Å². The van der Waals surface area contributed by atoms with Crippen LogP contribution in [0.1, 0.15) is 30.4 Å². The van der Waals surface area contributed by atoms with Crippen molar-refractivity contribution >= 4 is 11.4 Å². The van der Waals surface area contributed by atoms with Gasteiger partial charge in [0.1, 0.15) is 5.82 Å². The van der Waals surface area contributed by atoms with E-state index < -0.39 is 0 Å². The van der Waals surface area contributed by atoms with Crippen LogP contribution in [0.3, 0.4) is 0 Å². The molecule has 3 rings (SSSR count). The SMILES string of the molecule is C=C(C)c1cnc2c(c1)C1CC1N2. The van der Waals surface area contributed by atoms with E-state index in [9.17, 15) is 0 Å². The predicted octanol–water partition coefficient (Wildman–Crippen LogP) is 2.40. The molecule has 0 spiro atoms. The van der Waals surface area contributed by atoms with Crippen LogP contribution in [0, 0.1) is 0 Å². The molecule has 2 heteroatoms. The maximum absolute atomic E-state index is 4.39. The fourth-order valence-electron chi connectivity index (χ4n) is 1.99. The first-order valence-corrected chi connectivity index (χ1v) is 4.68. The van der Waals surface area contributed by atoms with E-state index in [1.807, 2.05) is 13.1 Å². The summed E-state index contributed by atoms with van der Waals surface area (Å²) in [5, 5.41) is 3.40. The number of fused-ring (bicyclic) bond motifs is 3. The second-order valence-corrected chi connectivity index (χ2v) is 4.04. The highest BCUT2D eigenvalue weighted by molar-refractivity contribution is 5.67. The maximum Gasteiger partial charge on any atom is 0.129 e. The quantitative estimate of drug-likeness (QED) is 0.703. The van der Waals surface area contributed by atoms with Gasteiger partial charge < -0.3 is 5.32 Å². The number of allylic oxidation sites excluding steroid dienone is 1. The molecule has 13 heavy (non-hydrogen) atoms. The molecule has 1 aliphatic carbocycles. The first-order chi connectivity index (χ1) is 6.25. The molecule has 0 bridgehead atoms. The third-order valence-electron chi connectivity index (χ3n) is 2.92. The smallest absolute Gasteiger partial charge is 0.129 e. The van der Waals surface area contributed by atoms with Crippen LogP contribution in [0.2, 0.25) is 0 Å². The average molecular weight is 172 g/mol. The van der Waals surface area contributed by atoms with E-state index in [0.717, 1.165) is 17.3 Å². The standard InChI is InChI=1S/C11H12N2/c1-6(2)7-3-9-8-4-10(8)13-11(9)12-5-7/h3,5,8,10H,1,4H2,2H3,(H,12,13). The molecule has 0 radical (unpaired) electrons. The number of nitrogens with zero attached hydrogens (tertiary/aromatic N) is 1. The number of nitrogens with one attached hydrogen (secondary N) is 1. The van der Waals surface area contributed by atoms with Crippen LogP contribution in [0.4, 0.5) is 5.82 Å². The lowest BCUT2D eigenvalue weighted by Gasteiger charge is -2.05. The minimum atomic E-state index is 0.683. The molecule has 2 atom stereocenters. The van der Waals surface area contributed by atoms with Gasteiger partial charge in [0.25, 0.3) is 0 Å². The van der Waals surface area contributed by atoms with E-state index >= 15 is 0 Å². The van der Waals surface area contributed by atoms with E-state index in [4.69, 9.17) is 0 Å². The Balaban J connectivity index is 2.11. The minimum absolute atomic E-state index is 0.683. The van der Waals surface area contributed by atoms with Crippen molar-refractivity contribution < 1.29 is 0 Å². The van der Waals surface area contributed by atoms with Crippen molar-refractivity contribution in [3.63, 3.8) is 0 Å². The summed E-state index contributed by atoms with van der Waals surface area (Å²) >= 11 is 0. The Kier molecular flexibility index (Phi) is 1.17. The number of hydrogen-bond donors (Lipinski definition) is 1. The Morgan fingerprint density at radius 3 is 3.31 bits per heavy atom. The summed E-state index contributed by atoms with van der Waals surface area (Å²) in [6.45, 7) is 5.95. The summed E-state index contributed by atoms with van der Waals surface area (Å²) < 4.78 is 0. The molecule has 0 amide bonds. The molecular weight excluding hydrogens is 160 g/mol. The summed E-state index contributed by atoms with van der Waals surface area (Å²) in [5.74, 6) is 1.83. The molecule has 2 nitrogen and oxygen atoms in total. The highest BCUT2D eigenvalue weighted by Gasteiger charge is 2.45. The van der Waals surface area contributed by atoms with E-state index in [-0.39, 0.29) is 0 Å². The summed E-state index contributed by atoms with van der Waals surface area (Å²) in [7, 11) is 0. The van der Waals surface area contributed by atoms with Crippen LogP contribution < -0.4 is 5.32 Å². The molecular formula is C11H12N2. The molecule has 2 unspecified atom stereocenters. The van der Waals surface area contributed by atoms with Gasteiger partial charge in [0.05, 0.1) is 0 Å². The number of rotatable bonds is 1. The number of anilines is 1. The van der Waals surface area contributed by atoms with Gasteiger partial charge in [0, 0.05) is 23.7 Å². The van der Waals surface area contributed by atoms with Crippen molar-refractivity contribution in [2.24, 2.45) is 0 Å². The lowest BCUT2D eigenvalue weighted by Crippen LogP contribution is -1.98. The van der Waals surface area contributed by atoms with Gasteiger partial charge in [-0.3, -0.25) is 0 Å². The van der Waals surface area contributed by atoms with Gasteiger partial charge in [-0.05, 0) is 30.5 Å². The lowest BCUT2D eigenvalue weighted by atomic mass is 10.1. The summed E-state index contributed by atoms with van der Waals surface area (Å²) in [6.07, 6.45) is 3.19. The van der Waals surface area contributed by atoms with Gasteiger partial charge in [-0.1, -0.05) is 6.58 Å². The lowest BCUT2D eigenvalue weighted by molar-refractivity contribution is 1.13. The molecule has 1 aromatic rings. The Morgan fingerprint density at radius 1 is 1.69 bits per heavy atom. The number of hydrogen-bond acceptors (Lipinski definition) is 2. The summed E-state index contributed by atoms with van der Waals surface area (Å²) in [4.78, 5) is 4.39. The summed E-state index contributed by atoms with van der Waals surface area (Å²) in [5.41, 5.74) is 3.66. The number of aromatic nitrogens is 1. The Hall–Kier alpha value is -1.31. The summed E-state index contributed by atoms with van der Waals surface area (Å²) in [6, 6.07) is 2.91. The Morgan fingerprint density at radius 2 is 2.54 bits per heavy atom. The van der Waals surface area contributed by atoms with Crippen molar-refractivity contribution in [1.82, 2.24) is 4.98 Å². The Bertz CT molecular complexity index is 395. The molecule has 1 saturated carbocycles. The van der Waals surface area contributed by atoms with Crippen molar-refractivity contribution in [2.45, 2.75) is 25.3 Å². The van der Waals surface area contributed by atoms with Crippen LogP contribution >= 0.6 is 0 Å². The fraction of sp³-hybridized carbons (Fsp3) is 0.364. The van der Waals surface area contributed by atoms with E-state index in [1.165, 1.54) is 17.5 Å². The van der Waals surface area contributed by atoms with Gasteiger partial charge in [0.15, 0.2) is 0 Å². The van der Waals surface area contributed by atoms with Crippen LogP contribution in [0.15, 0.2) is 18.8 Å². The first kappa shape index (κ1) is 7.13. The molecule has 1 fully saturated rings. The van der Waals surface area contributed by atoms with Gasteiger partial charge in [0.2, 0.25) is 0 Å². The average Bonchev–Trinajstić information content (AvgIpc) is 2.78. The van der Waals surface area contributed by atoms with Crippen molar-refractivity contribution in [2.75, 3.05) is 5.32 Å². The zero-order valence-corrected chi connectivity index (χ0v) is 7.67. The van der Waals surface area contributed by atoms with Crippen LogP contribution in [0.5, 0.6) is 0 Å². The fourth-order valence-corrected chi connectivity index (χ4v) is 1.99. The van der Waals surface area contributed by atoms with Gasteiger partial charge in [-0.15, -0.1) is 0 Å².